The maximum absolute atomic E-state index is 13.3. The van der Waals surface area contributed by atoms with Crippen molar-refractivity contribution in [1.29, 1.82) is 0 Å². The number of Topliss-reactive ketones (excluding diaryl/α,β-unsaturated/α-hetero) is 1. The summed E-state index contributed by atoms with van der Waals surface area (Å²) in [5.74, 6) is -0.459. The van der Waals surface area contributed by atoms with Gasteiger partial charge in [0.2, 0.25) is 5.78 Å². The van der Waals surface area contributed by atoms with Gasteiger partial charge in [-0.05, 0) is 12.1 Å². The van der Waals surface area contributed by atoms with Crippen molar-refractivity contribution in [3.05, 3.63) is 35.8 Å². The Balaban J connectivity index is 2.57. The van der Waals surface area contributed by atoms with E-state index in [1.165, 1.54) is 6.07 Å². The van der Waals surface area contributed by atoms with E-state index in [4.69, 9.17) is 4.42 Å². The minimum absolute atomic E-state index is 0.106. The van der Waals surface area contributed by atoms with Crippen molar-refractivity contribution in [2.45, 2.75) is 13.8 Å². The van der Waals surface area contributed by atoms with Gasteiger partial charge in [0.1, 0.15) is 0 Å². The van der Waals surface area contributed by atoms with Crippen LogP contribution in [0.4, 0.5) is 4.39 Å². The number of carbonyl (C=O) groups excluding carboxylic acids is 1. The highest BCUT2D eigenvalue weighted by atomic mass is 19.1. The highest BCUT2D eigenvalue weighted by molar-refractivity contribution is 5.98. The van der Waals surface area contributed by atoms with E-state index >= 15 is 0 Å². The zero-order valence-electron chi connectivity index (χ0n) is 8.58. The van der Waals surface area contributed by atoms with Crippen molar-refractivity contribution in [3.8, 4) is 0 Å². The first-order chi connectivity index (χ1) is 7.09. The lowest BCUT2D eigenvalue weighted by Gasteiger charge is -1.97. The van der Waals surface area contributed by atoms with Gasteiger partial charge in [-0.2, -0.15) is 0 Å². The summed E-state index contributed by atoms with van der Waals surface area (Å²) in [6.07, 6.45) is 0. The van der Waals surface area contributed by atoms with Crippen molar-refractivity contribution in [3.63, 3.8) is 0 Å². The molecule has 0 saturated carbocycles. The predicted octanol–water partition coefficient (Wildman–Crippen LogP) is 3.41. The van der Waals surface area contributed by atoms with Gasteiger partial charge < -0.3 is 4.42 Å². The number of halogens is 1. The Bertz CT molecular complexity index is 511. The third-order valence-electron chi connectivity index (χ3n) is 2.26. The molecular weight excluding hydrogens is 195 g/mol. The molecule has 3 heteroatoms. The lowest BCUT2D eigenvalue weighted by molar-refractivity contribution is 0.0913. The Morgan fingerprint density at radius 2 is 2.13 bits per heavy atom. The Morgan fingerprint density at radius 3 is 2.73 bits per heavy atom. The molecule has 0 aliphatic heterocycles. The Hall–Kier alpha value is -1.64. The van der Waals surface area contributed by atoms with Crippen LogP contribution in [0, 0.1) is 11.7 Å². The largest absolute Gasteiger partial charge is 0.450 e. The van der Waals surface area contributed by atoms with E-state index in [9.17, 15) is 9.18 Å². The van der Waals surface area contributed by atoms with Crippen LogP contribution in [-0.2, 0) is 0 Å². The number of benzene rings is 1. The lowest BCUT2D eigenvalue weighted by atomic mass is 10.1. The Labute approximate surface area is 86.7 Å². The van der Waals surface area contributed by atoms with Gasteiger partial charge in [0.05, 0.1) is 0 Å². The number of hydrogen-bond donors (Lipinski definition) is 0. The number of ketones is 1. The van der Waals surface area contributed by atoms with E-state index < -0.39 is 5.82 Å². The van der Waals surface area contributed by atoms with Gasteiger partial charge >= 0.3 is 0 Å². The lowest BCUT2D eigenvalue weighted by Crippen LogP contribution is -2.05. The first kappa shape index (κ1) is 9.90. The molecule has 0 N–H and O–H groups in total. The zero-order valence-corrected chi connectivity index (χ0v) is 8.58. The smallest absolute Gasteiger partial charge is 0.200 e. The van der Waals surface area contributed by atoms with Crippen LogP contribution in [0.5, 0.6) is 0 Å². The molecule has 0 amide bonds. The second kappa shape index (κ2) is 3.50. The minimum Gasteiger partial charge on any atom is -0.450 e. The van der Waals surface area contributed by atoms with E-state index in [0.717, 1.165) is 0 Å². The quantitative estimate of drug-likeness (QED) is 0.705. The van der Waals surface area contributed by atoms with Gasteiger partial charge in [0, 0.05) is 11.3 Å². The van der Waals surface area contributed by atoms with Crippen molar-refractivity contribution in [2.24, 2.45) is 5.92 Å². The summed E-state index contributed by atoms with van der Waals surface area (Å²) < 4.78 is 18.5. The highest BCUT2D eigenvalue weighted by Crippen LogP contribution is 2.23. The summed E-state index contributed by atoms with van der Waals surface area (Å²) in [6, 6.07) is 6.21. The van der Waals surface area contributed by atoms with Gasteiger partial charge in [-0.3, -0.25) is 4.79 Å². The molecular formula is C12H11FO2. The molecule has 0 unspecified atom stereocenters. The Kier molecular flexibility index (Phi) is 2.31. The van der Waals surface area contributed by atoms with Crippen LogP contribution >= 0.6 is 0 Å². The summed E-state index contributed by atoms with van der Waals surface area (Å²) in [5, 5.41) is 0.624. The van der Waals surface area contributed by atoms with E-state index in [-0.39, 0.29) is 23.0 Å². The third-order valence-corrected chi connectivity index (χ3v) is 2.26. The second-order valence-electron chi connectivity index (χ2n) is 3.79. The maximum Gasteiger partial charge on any atom is 0.200 e. The zero-order chi connectivity index (χ0) is 11.0. The molecule has 0 radical (unpaired) electrons. The van der Waals surface area contributed by atoms with Crippen LogP contribution in [0.2, 0.25) is 0 Å². The Morgan fingerprint density at radius 1 is 1.40 bits per heavy atom. The van der Waals surface area contributed by atoms with Gasteiger partial charge in [-0.1, -0.05) is 26.0 Å². The predicted molar refractivity (Wildman–Crippen MR) is 55.3 cm³/mol. The van der Waals surface area contributed by atoms with Gasteiger partial charge in [-0.15, -0.1) is 0 Å². The normalized spacial score (nSPS) is 11.2. The molecule has 2 nitrogen and oxygen atoms in total. The number of para-hydroxylation sites is 1. The fourth-order valence-electron chi connectivity index (χ4n) is 1.43. The number of furan rings is 1. The second-order valence-corrected chi connectivity index (χ2v) is 3.79. The summed E-state index contributed by atoms with van der Waals surface area (Å²) in [5.41, 5.74) is 0.154. The van der Waals surface area contributed by atoms with Crippen LogP contribution in [0.3, 0.4) is 0 Å². The van der Waals surface area contributed by atoms with Crippen LogP contribution < -0.4 is 0 Å². The summed E-state index contributed by atoms with van der Waals surface area (Å²) in [4.78, 5) is 11.6. The molecule has 0 fully saturated rings. The number of carbonyl (C=O) groups is 1. The number of hydrogen-bond acceptors (Lipinski definition) is 2. The van der Waals surface area contributed by atoms with Crippen molar-refractivity contribution in [2.75, 3.05) is 0 Å². The van der Waals surface area contributed by atoms with Crippen molar-refractivity contribution in [1.82, 2.24) is 0 Å². The first-order valence-corrected chi connectivity index (χ1v) is 4.82. The van der Waals surface area contributed by atoms with Gasteiger partial charge in [0.25, 0.3) is 0 Å². The van der Waals surface area contributed by atoms with Crippen LogP contribution in [0.25, 0.3) is 11.0 Å². The molecule has 1 aromatic carbocycles. The molecule has 0 atom stereocenters. The molecule has 0 saturated heterocycles. The summed E-state index contributed by atoms with van der Waals surface area (Å²) >= 11 is 0. The molecule has 15 heavy (non-hydrogen) atoms. The molecule has 1 aromatic heterocycles. The molecule has 0 aliphatic rings. The SMILES string of the molecule is CC(C)C(=O)c1cc2cccc(F)c2o1. The van der Waals surface area contributed by atoms with Crippen molar-refractivity contribution < 1.29 is 13.6 Å². The van der Waals surface area contributed by atoms with Gasteiger partial charge in [0.15, 0.2) is 17.2 Å². The monoisotopic (exact) mass is 206 g/mol. The molecule has 2 rings (SSSR count). The first-order valence-electron chi connectivity index (χ1n) is 4.82. The number of rotatable bonds is 2. The fourth-order valence-corrected chi connectivity index (χ4v) is 1.43. The van der Waals surface area contributed by atoms with Crippen LogP contribution in [0.1, 0.15) is 24.4 Å². The summed E-state index contributed by atoms with van der Waals surface area (Å²) in [7, 11) is 0. The minimum atomic E-state index is -0.435. The molecule has 2 aromatic rings. The average molecular weight is 206 g/mol. The highest BCUT2D eigenvalue weighted by Gasteiger charge is 2.16. The van der Waals surface area contributed by atoms with Crippen LogP contribution in [0.15, 0.2) is 28.7 Å². The standard InChI is InChI=1S/C12H11FO2/c1-7(2)11(14)10-6-8-4-3-5-9(13)12(8)15-10/h3-7H,1-2H3. The van der Waals surface area contributed by atoms with E-state index in [1.54, 1.807) is 32.0 Å². The van der Waals surface area contributed by atoms with E-state index in [0.29, 0.717) is 5.39 Å². The molecule has 0 spiro atoms. The fraction of sp³-hybridized carbons (Fsp3) is 0.250. The summed E-state index contributed by atoms with van der Waals surface area (Å²) in [6.45, 7) is 3.57. The molecule has 0 bridgehead atoms. The van der Waals surface area contributed by atoms with Gasteiger partial charge in [-0.25, -0.2) is 4.39 Å². The molecule has 1 heterocycles. The third kappa shape index (κ3) is 1.65. The van der Waals surface area contributed by atoms with Crippen molar-refractivity contribution >= 4 is 16.8 Å². The topological polar surface area (TPSA) is 30.2 Å². The number of fused-ring (bicyclic) bond motifs is 1. The van der Waals surface area contributed by atoms with E-state index in [2.05, 4.69) is 0 Å². The van der Waals surface area contributed by atoms with E-state index in [1.807, 2.05) is 0 Å². The maximum atomic E-state index is 13.3. The average Bonchev–Trinajstić information content (AvgIpc) is 2.61. The molecule has 0 aliphatic carbocycles. The molecule has 78 valence electrons. The van der Waals surface area contributed by atoms with Crippen LogP contribution in [-0.4, -0.2) is 5.78 Å².